The lowest BCUT2D eigenvalue weighted by Gasteiger charge is -2.43. The molecular formula is C119H221F17O2. The Kier molecular flexibility index (Phi) is 53.2. The van der Waals surface area contributed by atoms with Crippen LogP contribution in [0.3, 0.4) is 0 Å². The summed E-state index contributed by atoms with van der Waals surface area (Å²) in [7, 11) is 3.67. The molecule has 0 aromatic carbocycles. The van der Waals surface area contributed by atoms with Crippen molar-refractivity contribution >= 4 is 0 Å². The summed E-state index contributed by atoms with van der Waals surface area (Å²) in [5.41, 5.74) is -3.14. The van der Waals surface area contributed by atoms with Crippen LogP contribution in [-0.2, 0) is 9.47 Å². The maximum Gasteiger partial charge on any atom is 0.395 e. The first kappa shape index (κ1) is 135. The first-order valence-electron chi connectivity index (χ1n) is 56.0. The van der Waals surface area contributed by atoms with Crippen LogP contribution in [0.4, 0.5) is 74.6 Å². The summed E-state index contributed by atoms with van der Waals surface area (Å²) >= 11 is 0. The van der Waals surface area contributed by atoms with Gasteiger partial charge in [-0.15, -0.1) is 0 Å². The SMILES string of the molecule is CC(C)C1CC1(C(C)C)C(F)(F)F.CC(C)C1CC1(C(C)C)C(F)F.CC(C)C1CC1(CC(F)(F)F)C(C)C.CC(C)C1CCCC1(C(C)C)C(F)(F)F.CC(C)C1CCCC1(C(C)C)C(F)F.CC(C)C1CCCC1(CC(C)(F)F)C(C)C.CC(F)CC1(C(C)C)CC1C(C)C.CC(F)CC1(C(C)C)CCCC1C(C)C.COCC1(C(C)C)CC1C(C)C.COCC1(C(C)C)CCCC1C(C)C. The summed E-state index contributed by atoms with van der Waals surface area (Å²) in [5.74, 6) is 9.44. The zero-order valence-corrected chi connectivity index (χ0v) is 97.3. The second kappa shape index (κ2) is 54.4. The molecule has 10 saturated carbocycles. The van der Waals surface area contributed by atoms with Gasteiger partial charge in [0.05, 0.1) is 36.4 Å². The predicted octanol–water partition coefficient (Wildman–Crippen LogP) is 41.4. The lowest BCUT2D eigenvalue weighted by molar-refractivity contribution is -0.257. The average molecular weight is 2010 g/mol. The van der Waals surface area contributed by atoms with Crippen LogP contribution in [0.2, 0.25) is 0 Å². The standard InChI is InChI=1S/C14H26F2.C14H27F.C13H26O.C12H21F3.C12H22F2.C12H23F.C11H19F3.C11H22O.C10H17F3.C10H18F2/c1-10(2)12-7-6-8-14(12,11(3)4)9-13(5,15)16;1-10(2)13-7-6-8-14(13,11(3)4)9-12(5)15;1-10(2)12-7-6-8-13(12,9-14-5)11(3)4;1-8(2)10-6-5-7-11(10,9(3)4)12(13,14)15;1-8(2)10-6-5-7-12(10,9(3)4)11(13)14;1-8(2)11-7-12(11,9(3)4)6-10(5)13;1-7(2)9-5-10(9,8(3)4)6-11(12,13)14;1-8(2)10-6-11(10,7-12-5)9(3)4;1-6(2)8-5-9(8,7(3)4)10(11,12)13;1-6(2)8-5-10(8,7(3)4)9(11)12/h10-12H,6-9H2,1-5H3;10-13H,6-9H2,1-5H3;10-12H,6-9H2,1-5H3;8-10H,5-7H2,1-4H3;8-11H,5-7H2,1-4H3;8-11H,6-7H2,1-5H3;7-9H,5-6H2,1-4H3;8-10H,6-7H2,1-5H3;6-8H,5H2,1-4H3;6-9H,5H2,1-4H3. The van der Waals surface area contributed by atoms with Gasteiger partial charge in [-0.25, -0.2) is 35.1 Å². The molecular weight excluding hydrogens is 1780 g/mol. The Bertz CT molecular complexity index is 3300. The van der Waals surface area contributed by atoms with E-state index in [1.165, 1.54) is 51.4 Å². The van der Waals surface area contributed by atoms with Crippen LogP contribution in [0.5, 0.6) is 0 Å². The summed E-state index contributed by atoms with van der Waals surface area (Å²) in [6, 6.07) is 0. The molecule has 828 valence electrons. The molecule has 10 aliphatic rings. The number of halogens is 17. The topological polar surface area (TPSA) is 18.5 Å². The van der Waals surface area contributed by atoms with Gasteiger partial charge in [-0.1, -0.05) is 309 Å². The van der Waals surface area contributed by atoms with Gasteiger partial charge in [0.15, 0.2) is 0 Å². The van der Waals surface area contributed by atoms with Gasteiger partial charge in [0.2, 0.25) is 18.8 Å². The molecule has 0 aromatic rings. The number of hydrogen-bond donors (Lipinski definition) is 0. The monoisotopic (exact) mass is 2010 g/mol. The average Bonchev–Trinajstić information content (AvgIpc) is 1.54. The zero-order valence-electron chi connectivity index (χ0n) is 97.3. The Balaban J connectivity index is 0.000000767. The minimum Gasteiger partial charge on any atom is -0.384 e. The van der Waals surface area contributed by atoms with Crippen LogP contribution in [-0.4, -0.2) is 77.1 Å². The highest BCUT2D eigenvalue weighted by molar-refractivity contribution is 5.12. The van der Waals surface area contributed by atoms with Gasteiger partial charge in [-0.05, 0) is 340 Å². The molecule has 0 saturated heterocycles. The van der Waals surface area contributed by atoms with E-state index in [2.05, 4.69) is 152 Å². The third-order valence-electron chi connectivity index (χ3n) is 39.3. The maximum absolute atomic E-state index is 13.4. The van der Waals surface area contributed by atoms with E-state index in [4.69, 9.17) is 9.47 Å². The van der Waals surface area contributed by atoms with Crippen LogP contribution < -0.4 is 0 Å². The molecule has 0 bridgehead atoms. The lowest BCUT2D eigenvalue weighted by atomic mass is 9.63. The Morgan fingerprint density at radius 1 is 0.239 bits per heavy atom. The summed E-state index contributed by atoms with van der Waals surface area (Å²) in [6.07, 6.45) is 3.48. The fraction of sp³-hybridized carbons (Fsp3) is 1.00. The van der Waals surface area contributed by atoms with Crippen LogP contribution in [0, 0.1) is 232 Å². The van der Waals surface area contributed by atoms with Gasteiger partial charge in [0.1, 0.15) is 0 Å². The predicted molar refractivity (Wildman–Crippen MR) is 552 cm³/mol. The molecule has 0 N–H and O–H groups in total. The molecule has 19 heteroatoms. The van der Waals surface area contributed by atoms with Crippen molar-refractivity contribution < 1.29 is 84.1 Å². The zero-order chi connectivity index (χ0) is 108. The van der Waals surface area contributed by atoms with E-state index in [1.807, 2.05) is 111 Å². The van der Waals surface area contributed by atoms with Gasteiger partial charge < -0.3 is 9.47 Å². The Hall–Kier alpha value is -1.27. The fourth-order valence-corrected chi connectivity index (χ4v) is 30.7. The van der Waals surface area contributed by atoms with E-state index in [-0.39, 0.29) is 88.3 Å². The summed E-state index contributed by atoms with van der Waals surface area (Å²) in [4.78, 5) is 0. The van der Waals surface area contributed by atoms with Crippen molar-refractivity contribution in [2.75, 3.05) is 27.4 Å². The molecule has 138 heavy (non-hydrogen) atoms. The number of ether oxygens (including phenoxy) is 2. The van der Waals surface area contributed by atoms with Gasteiger partial charge in [0, 0.05) is 37.9 Å². The van der Waals surface area contributed by atoms with Crippen molar-refractivity contribution in [1.82, 2.24) is 0 Å². The van der Waals surface area contributed by atoms with Crippen LogP contribution >= 0.6 is 0 Å². The van der Waals surface area contributed by atoms with E-state index in [0.717, 1.165) is 144 Å². The van der Waals surface area contributed by atoms with Crippen LogP contribution in [0.25, 0.3) is 0 Å². The van der Waals surface area contributed by atoms with Crippen molar-refractivity contribution in [3.8, 4) is 0 Å². The van der Waals surface area contributed by atoms with Gasteiger partial charge in [-0.2, -0.15) is 39.5 Å². The number of alkyl halides is 17. The van der Waals surface area contributed by atoms with Crippen LogP contribution in [0.15, 0.2) is 0 Å². The van der Waals surface area contributed by atoms with Gasteiger partial charge in [0.25, 0.3) is 0 Å². The smallest absolute Gasteiger partial charge is 0.384 e. The molecule has 10 aliphatic carbocycles. The van der Waals surface area contributed by atoms with Crippen molar-refractivity contribution in [3.05, 3.63) is 0 Å². The van der Waals surface area contributed by atoms with E-state index in [1.54, 1.807) is 41.5 Å². The summed E-state index contributed by atoms with van der Waals surface area (Å²) < 4.78 is 231. The molecule has 0 spiro atoms. The molecule has 0 aliphatic heterocycles. The van der Waals surface area contributed by atoms with Crippen molar-refractivity contribution in [2.24, 2.45) is 232 Å². The van der Waals surface area contributed by atoms with Gasteiger partial charge >= 0.3 is 18.5 Å². The number of methoxy groups -OCH3 is 2. The minimum absolute atomic E-state index is 0.0700. The van der Waals surface area contributed by atoms with Crippen molar-refractivity contribution in [1.29, 1.82) is 0 Å². The molecule has 22 atom stereocenters. The van der Waals surface area contributed by atoms with Crippen LogP contribution in [0.1, 0.15) is 452 Å². The second-order valence-electron chi connectivity index (χ2n) is 53.7. The third-order valence-corrected chi connectivity index (χ3v) is 39.3. The molecule has 0 aromatic heterocycles. The first-order valence-corrected chi connectivity index (χ1v) is 56.0. The van der Waals surface area contributed by atoms with Crippen molar-refractivity contribution in [2.45, 2.75) is 501 Å². The second-order valence-corrected chi connectivity index (χ2v) is 53.7. The molecule has 0 radical (unpaired) electrons. The normalized spacial score (nSPS) is 33.7. The third kappa shape index (κ3) is 33.4. The lowest BCUT2D eigenvalue weighted by Crippen LogP contribution is -2.47. The molecule has 10 fully saturated rings. The Morgan fingerprint density at radius 2 is 0.514 bits per heavy atom. The largest absolute Gasteiger partial charge is 0.395 e. The highest BCUT2D eigenvalue weighted by atomic mass is 19.4. The maximum atomic E-state index is 13.4. The Labute approximate surface area is 840 Å². The number of hydrogen-bond acceptors (Lipinski definition) is 2. The Morgan fingerprint density at radius 3 is 0.754 bits per heavy atom. The quantitative estimate of drug-likeness (QED) is 0.0610. The molecule has 0 heterocycles. The molecule has 10 rings (SSSR count). The highest BCUT2D eigenvalue weighted by Crippen LogP contribution is 2.71. The summed E-state index contributed by atoms with van der Waals surface area (Å²) in [6.45, 7) is 90.1. The van der Waals surface area contributed by atoms with E-state index >= 15 is 0 Å². The van der Waals surface area contributed by atoms with E-state index in [0.29, 0.717) is 88.8 Å². The molecule has 22 unspecified atom stereocenters. The van der Waals surface area contributed by atoms with Crippen molar-refractivity contribution in [3.63, 3.8) is 0 Å². The first-order chi connectivity index (χ1) is 62.6. The highest BCUT2D eigenvalue weighted by Gasteiger charge is 2.73. The van der Waals surface area contributed by atoms with E-state index < -0.39 is 83.1 Å². The van der Waals surface area contributed by atoms with E-state index in [9.17, 15) is 74.6 Å². The molecule has 0 amide bonds. The molecule has 2 nitrogen and oxygen atoms in total. The summed E-state index contributed by atoms with van der Waals surface area (Å²) in [5, 5.41) is 0. The fourth-order valence-electron chi connectivity index (χ4n) is 30.7. The van der Waals surface area contributed by atoms with Gasteiger partial charge in [-0.3, -0.25) is 0 Å². The number of rotatable bonds is 33. The minimum atomic E-state index is -4.05.